The lowest BCUT2D eigenvalue weighted by atomic mass is 9.34. The van der Waals surface area contributed by atoms with Crippen LogP contribution in [-0.2, 0) is 16.2 Å². The molecule has 5 aromatic carbocycles. The van der Waals surface area contributed by atoms with E-state index in [0.29, 0.717) is 0 Å². The molecule has 2 heterocycles. The zero-order valence-corrected chi connectivity index (χ0v) is 27.9. The Morgan fingerprint density at radius 2 is 1.40 bits per heavy atom. The molecule has 0 radical (unpaired) electrons. The molecule has 2 nitrogen and oxygen atoms in total. The fourth-order valence-corrected chi connectivity index (χ4v) is 8.57. The van der Waals surface area contributed by atoms with Crippen LogP contribution in [0.5, 0.6) is 11.5 Å². The van der Waals surface area contributed by atoms with Crippen molar-refractivity contribution < 1.29 is 4.74 Å². The largest absolute Gasteiger partial charge is 0.458 e. The number of benzene rings is 5. The normalized spacial score (nSPS) is 16.8. The zero-order chi connectivity index (χ0) is 31.5. The van der Waals surface area contributed by atoms with Crippen LogP contribution in [0.3, 0.4) is 0 Å². The first-order valence-corrected chi connectivity index (χ1v) is 16.4. The molecule has 0 N–H and O–H groups in total. The summed E-state index contributed by atoms with van der Waals surface area (Å²) in [6.07, 6.45) is 1.13. The van der Waals surface area contributed by atoms with Crippen LogP contribution >= 0.6 is 0 Å². The first-order chi connectivity index (χ1) is 21.3. The van der Waals surface area contributed by atoms with Gasteiger partial charge in [-0.2, -0.15) is 0 Å². The molecule has 0 atom stereocenters. The molecule has 8 rings (SSSR count). The predicted octanol–water partition coefficient (Wildman–Crippen LogP) is 9.32. The summed E-state index contributed by atoms with van der Waals surface area (Å²) in [5.41, 5.74) is 15.8. The topological polar surface area (TPSA) is 12.5 Å². The summed E-state index contributed by atoms with van der Waals surface area (Å²) in [4.78, 5) is 2.55. The van der Waals surface area contributed by atoms with Crippen molar-refractivity contribution in [1.82, 2.24) is 0 Å². The number of hydrogen-bond donors (Lipinski definition) is 0. The predicted molar refractivity (Wildman–Crippen MR) is 192 cm³/mol. The minimum atomic E-state index is 0.0325. The molecule has 0 unspecified atom stereocenters. The molecule has 224 valence electrons. The highest BCUT2D eigenvalue weighted by atomic mass is 16.5. The van der Waals surface area contributed by atoms with Crippen LogP contribution in [0.15, 0.2) is 97.1 Å². The number of ether oxygens (including phenoxy) is 1. The van der Waals surface area contributed by atoms with Crippen molar-refractivity contribution in [2.75, 3.05) is 4.90 Å². The lowest BCUT2D eigenvalue weighted by Gasteiger charge is -2.41. The van der Waals surface area contributed by atoms with Crippen LogP contribution in [0.2, 0.25) is 0 Å². The number of hydrogen-bond acceptors (Lipinski definition) is 2. The van der Waals surface area contributed by atoms with E-state index in [9.17, 15) is 0 Å². The van der Waals surface area contributed by atoms with Crippen LogP contribution in [0, 0.1) is 6.92 Å². The van der Waals surface area contributed by atoms with Gasteiger partial charge < -0.3 is 9.64 Å². The second-order valence-electron chi connectivity index (χ2n) is 15.8. The lowest BCUT2D eigenvalue weighted by molar-refractivity contribution is 0.403. The molecule has 0 aromatic heterocycles. The number of nitrogens with zero attached hydrogens (tertiary/aromatic N) is 1. The van der Waals surface area contributed by atoms with Gasteiger partial charge in [-0.15, -0.1) is 0 Å². The molecular weight excluding hydrogens is 545 g/mol. The van der Waals surface area contributed by atoms with E-state index in [0.717, 1.165) is 17.9 Å². The van der Waals surface area contributed by atoms with Gasteiger partial charge >= 0.3 is 0 Å². The zero-order valence-electron chi connectivity index (χ0n) is 27.9. The van der Waals surface area contributed by atoms with E-state index in [1.165, 1.54) is 66.8 Å². The van der Waals surface area contributed by atoms with Crippen molar-refractivity contribution in [3.63, 3.8) is 0 Å². The maximum Gasteiger partial charge on any atom is 0.256 e. The number of aryl methyl sites for hydroxylation is 1. The quantitative estimate of drug-likeness (QED) is 0.187. The third kappa shape index (κ3) is 4.23. The van der Waals surface area contributed by atoms with E-state index in [4.69, 9.17) is 4.74 Å². The monoisotopic (exact) mass is 587 g/mol. The number of fused-ring (bicyclic) bond motifs is 5. The van der Waals surface area contributed by atoms with Gasteiger partial charge in [0, 0.05) is 16.9 Å². The number of anilines is 3. The summed E-state index contributed by atoms with van der Waals surface area (Å²) in [6, 6.07) is 36.4. The molecule has 5 aromatic rings. The highest BCUT2D eigenvalue weighted by Gasteiger charge is 2.47. The summed E-state index contributed by atoms with van der Waals surface area (Å²) >= 11 is 0. The molecule has 45 heavy (non-hydrogen) atoms. The van der Waals surface area contributed by atoms with Gasteiger partial charge in [-0.1, -0.05) is 115 Å². The molecule has 0 amide bonds. The third-order valence-electron chi connectivity index (χ3n) is 10.5. The summed E-state index contributed by atoms with van der Waals surface area (Å²) in [5.74, 6) is 1.92. The van der Waals surface area contributed by atoms with Gasteiger partial charge in [0.15, 0.2) is 0 Å². The molecule has 1 aliphatic carbocycles. The average molecular weight is 588 g/mol. The molecule has 0 fully saturated rings. The lowest BCUT2D eigenvalue weighted by Crippen LogP contribution is -2.59. The minimum absolute atomic E-state index is 0.0325. The highest BCUT2D eigenvalue weighted by molar-refractivity contribution is 6.99. The molecule has 3 heteroatoms. The van der Waals surface area contributed by atoms with E-state index in [1.54, 1.807) is 0 Å². The van der Waals surface area contributed by atoms with Crippen molar-refractivity contribution in [2.24, 2.45) is 0 Å². The van der Waals surface area contributed by atoms with Crippen LogP contribution in [-0.4, -0.2) is 6.71 Å². The van der Waals surface area contributed by atoms with E-state index in [-0.39, 0.29) is 23.0 Å². The van der Waals surface area contributed by atoms with Crippen molar-refractivity contribution in [3.05, 3.63) is 119 Å². The SMILES string of the molecule is Cc1ccc2c(c1)B1c3cc4c(cc3N(c3ccc(C(C)(C)C)cc3-c3ccccc3)c3cccc(c31)O2)C(C)(C)CC4(C)C. The summed E-state index contributed by atoms with van der Waals surface area (Å²) < 4.78 is 6.70. The Labute approximate surface area is 269 Å². The first-order valence-electron chi connectivity index (χ1n) is 16.4. The highest BCUT2D eigenvalue weighted by Crippen LogP contribution is 2.52. The summed E-state index contributed by atoms with van der Waals surface area (Å²) in [5, 5.41) is 0. The van der Waals surface area contributed by atoms with E-state index in [1.807, 2.05) is 0 Å². The average Bonchev–Trinajstić information content (AvgIpc) is 3.18. The van der Waals surface area contributed by atoms with Crippen molar-refractivity contribution in [2.45, 2.75) is 78.1 Å². The maximum atomic E-state index is 6.70. The van der Waals surface area contributed by atoms with Crippen LogP contribution in [0.25, 0.3) is 11.1 Å². The molecule has 3 aliphatic rings. The molecule has 2 aliphatic heterocycles. The molecule has 0 bridgehead atoms. The first kappa shape index (κ1) is 28.3. The smallest absolute Gasteiger partial charge is 0.256 e. The molecular formula is C42H42BNO. The van der Waals surface area contributed by atoms with Gasteiger partial charge in [-0.25, -0.2) is 0 Å². The standard InChI is InChI=1S/C42H42BNO/c1-26-17-20-37-33(21-26)43-32-23-30-31(42(7,8)25-41(30,5)6)24-36(32)44(35-15-12-16-38(45-37)39(35)43)34-19-18-28(40(2,3)4)22-29(34)27-13-10-9-11-14-27/h9-24H,25H2,1-8H3. The Bertz CT molecular complexity index is 2010. The van der Waals surface area contributed by atoms with Crippen LogP contribution in [0.1, 0.15) is 77.1 Å². The van der Waals surface area contributed by atoms with Crippen LogP contribution < -0.4 is 26.0 Å². The summed E-state index contributed by atoms with van der Waals surface area (Å²) in [7, 11) is 0. The number of rotatable bonds is 2. The Kier molecular flexibility index (Phi) is 5.90. The fraction of sp³-hybridized carbons (Fsp3) is 0.286. The molecule has 0 saturated carbocycles. The van der Waals surface area contributed by atoms with Gasteiger partial charge in [0.05, 0.1) is 5.69 Å². The Morgan fingerprint density at radius 3 is 2.13 bits per heavy atom. The summed E-state index contributed by atoms with van der Waals surface area (Å²) in [6.45, 7) is 18.9. The molecule has 0 saturated heterocycles. The Morgan fingerprint density at radius 1 is 0.667 bits per heavy atom. The fourth-order valence-electron chi connectivity index (χ4n) is 8.57. The second kappa shape index (κ2) is 9.39. The van der Waals surface area contributed by atoms with Crippen molar-refractivity contribution in [1.29, 1.82) is 0 Å². The van der Waals surface area contributed by atoms with Gasteiger partial charge in [0.25, 0.3) is 6.71 Å². The van der Waals surface area contributed by atoms with Crippen molar-refractivity contribution in [3.8, 4) is 22.6 Å². The minimum Gasteiger partial charge on any atom is -0.458 e. The van der Waals surface area contributed by atoms with Crippen molar-refractivity contribution >= 4 is 40.2 Å². The molecule has 0 spiro atoms. The Hall–Kier alpha value is -4.24. The van der Waals surface area contributed by atoms with E-state index >= 15 is 0 Å². The third-order valence-corrected chi connectivity index (χ3v) is 10.5. The van der Waals surface area contributed by atoms with Gasteiger partial charge in [-0.05, 0) is 105 Å². The van der Waals surface area contributed by atoms with E-state index < -0.39 is 0 Å². The second-order valence-corrected chi connectivity index (χ2v) is 15.8. The Balaban J connectivity index is 1.48. The van der Waals surface area contributed by atoms with Gasteiger partial charge in [-0.3, -0.25) is 0 Å². The van der Waals surface area contributed by atoms with Crippen LogP contribution in [0.4, 0.5) is 17.1 Å². The van der Waals surface area contributed by atoms with Gasteiger partial charge in [0.1, 0.15) is 11.5 Å². The van der Waals surface area contributed by atoms with E-state index in [2.05, 4.69) is 157 Å². The maximum absolute atomic E-state index is 6.70. The van der Waals surface area contributed by atoms with Gasteiger partial charge in [0.2, 0.25) is 0 Å².